The molecule has 0 N–H and O–H groups in total. The van der Waals surface area contributed by atoms with Gasteiger partial charge in [-0.25, -0.2) is 9.97 Å². The van der Waals surface area contributed by atoms with Gasteiger partial charge in [0.05, 0.1) is 0 Å². The molecule has 0 fully saturated rings. The van der Waals surface area contributed by atoms with Gasteiger partial charge in [-0.15, -0.1) is 0 Å². The van der Waals surface area contributed by atoms with E-state index in [2.05, 4.69) is 40.3 Å². The molecule has 1 aliphatic rings. The Bertz CT molecular complexity index is 440. The highest BCUT2D eigenvalue weighted by atomic mass is 14.8. The van der Waals surface area contributed by atoms with Gasteiger partial charge in [0, 0.05) is 11.9 Å². The van der Waals surface area contributed by atoms with Crippen molar-refractivity contribution in [3.8, 4) is 0 Å². The molecule has 0 saturated heterocycles. The van der Waals surface area contributed by atoms with Crippen LogP contribution < -0.4 is 0 Å². The fourth-order valence-electron chi connectivity index (χ4n) is 2.27. The number of hydrogen-bond donors (Lipinski definition) is 0. The van der Waals surface area contributed by atoms with E-state index >= 15 is 0 Å². The Morgan fingerprint density at radius 1 is 1.07 bits per heavy atom. The molecule has 15 heavy (non-hydrogen) atoms. The van der Waals surface area contributed by atoms with Gasteiger partial charge in [0.15, 0.2) is 0 Å². The highest BCUT2D eigenvalue weighted by Gasteiger charge is 2.23. The molecule has 0 amide bonds. The maximum atomic E-state index is 4.32. The first-order valence-corrected chi connectivity index (χ1v) is 5.26. The van der Waals surface area contributed by atoms with E-state index in [-0.39, 0.29) is 0 Å². The molecule has 1 atom stereocenters. The molecule has 2 aromatic rings. The standard InChI is InChI=1S/C13H12N2/c1-2-4-10(5-3-1)11-6-12-8-14-9-15-13(12)7-11/h1-5,8-9,11H,6-7H2. The van der Waals surface area contributed by atoms with Gasteiger partial charge in [-0.1, -0.05) is 30.3 Å². The van der Waals surface area contributed by atoms with E-state index in [0.717, 1.165) is 12.8 Å². The molecule has 0 saturated carbocycles. The van der Waals surface area contributed by atoms with E-state index in [1.807, 2.05) is 6.20 Å². The first kappa shape index (κ1) is 8.60. The number of hydrogen-bond acceptors (Lipinski definition) is 2. The van der Waals surface area contributed by atoms with Gasteiger partial charge in [0.1, 0.15) is 6.33 Å². The summed E-state index contributed by atoms with van der Waals surface area (Å²) in [6, 6.07) is 10.7. The summed E-state index contributed by atoms with van der Waals surface area (Å²) in [5.74, 6) is 0.595. The van der Waals surface area contributed by atoms with Crippen LogP contribution in [0.25, 0.3) is 0 Å². The zero-order chi connectivity index (χ0) is 10.1. The lowest BCUT2D eigenvalue weighted by Crippen LogP contribution is -1.97. The molecule has 1 aliphatic carbocycles. The minimum absolute atomic E-state index is 0.595. The summed E-state index contributed by atoms with van der Waals surface area (Å²) in [6.45, 7) is 0. The predicted octanol–water partition coefficient (Wildman–Crippen LogP) is 2.36. The number of rotatable bonds is 1. The van der Waals surface area contributed by atoms with E-state index < -0.39 is 0 Å². The highest BCUT2D eigenvalue weighted by Crippen LogP contribution is 2.31. The van der Waals surface area contributed by atoms with Crippen LogP contribution in [0.15, 0.2) is 42.9 Å². The zero-order valence-corrected chi connectivity index (χ0v) is 8.43. The van der Waals surface area contributed by atoms with Gasteiger partial charge in [0.25, 0.3) is 0 Å². The first-order valence-electron chi connectivity index (χ1n) is 5.26. The lowest BCUT2D eigenvalue weighted by molar-refractivity contribution is 0.736. The lowest BCUT2D eigenvalue weighted by Gasteiger charge is -2.07. The van der Waals surface area contributed by atoms with Crippen LogP contribution >= 0.6 is 0 Å². The third-order valence-corrected chi connectivity index (χ3v) is 3.06. The second-order valence-electron chi connectivity index (χ2n) is 4.01. The number of aromatic nitrogens is 2. The smallest absolute Gasteiger partial charge is 0.115 e. The molecule has 1 aromatic carbocycles. The second-order valence-corrected chi connectivity index (χ2v) is 4.01. The van der Waals surface area contributed by atoms with Crippen LogP contribution in [0.2, 0.25) is 0 Å². The van der Waals surface area contributed by atoms with E-state index in [4.69, 9.17) is 0 Å². The van der Waals surface area contributed by atoms with Gasteiger partial charge in [0.2, 0.25) is 0 Å². The number of benzene rings is 1. The molecule has 1 aromatic heterocycles. The topological polar surface area (TPSA) is 25.8 Å². The molecule has 0 spiro atoms. The Balaban J connectivity index is 1.91. The molecule has 1 unspecified atom stereocenters. The zero-order valence-electron chi connectivity index (χ0n) is 8.43. The summed E-state index contributed by atoms with van der Waals surface area (Å²) in [7, 11) is 0. The van der Waals surface area contributed by atoms with Crippen LogP contribution in [0.1, 0.15) is 22.7 Å². The fourth-order valence-corrected chi connectivity index (χ4v) is 2.27. The molecular weight excluding hydrogens is 184 g/mol. The molecule has 1 heterocycles. The summed E-state index contributed by atoms with van der Waals surface area (Å²) >= 11 is 0. The van der Waals surface area contributed by atoms with Gasteiger partial charge in [-0.05, 0) is 29.9 Å². The molecule has 3 rings (SSSR count). The fraction of sp³-hybridized carbons (Fsp3) is 0.231. The maximum absolute atomic E-state index is 4.32. The number of nitrogens with zero attached hydrogens (tertiary/aromatic N) is 2. The normalized spacial score (nSPS) is 18.8. The predicted molar refractivity (Wildman–Crippen MR) is 58.6 cm³/mol. The quantitative estimate of drug-likeness (QED) is 0.699. The Morgan fingerprint density at radius 2 is 1.93 bits per heavy atom. The molecule has 0 aliphatic heterocycles. The highest BCUT2D eigenvalue weighted by molar-refractivity contribution is 5.32. The average molecular weight is 196 g/mol. The SMILES string of the molecule is c1ccc(C2Cc3cncnc3C2)cc1. The largest absolute Gasteiger partial charge is 0.245 e. The van der Waals surface area contributed by atoms with Crippen molar-refractivity contribution < 1.29 is 0 Å². The monoisotopic (exact) mass is 196 g/mol. The van der Waals surface area contributed by atoms with Crippen molar-refractivity contribution in [2.45, 2.75) is 18.8 Å². The Labute approximate surface area is 89.0 Å². The molecule has 0 radical (unpaired) electrons. The second kappa shape index (κ2) is 3.46. The van der Waals surface area contributed by atoms with Crippen molar-refractivity contribution in [1.82, 2.24) is 9.97 Å². The van der Waals surface area contributed by atoms with Crippen LogP contribution in [-0.4, -0.2) is 9.97 Å². The van der Waals surface area contributed by atoms with Crippen LogP contribution in [0.5, 0.6) is 0 Å². The Kier molecular flexibility index (Phi) is 1.98. The molecule has 74 valence electrons. The van der Waals surface area contributed by atoms with Crippen LogP contribution in [0, 0.1) is 0 Å². The number of fused-ring (bicyclic) bond motifs is 1. The van der Waals surface area contributed by atoms with Gasteiger partial charge in [-0.2, -0.15) is 0 Å². The van der Waals surface area contributed by atoms with Gasteiger partial charge < -0.3 is 0 Å². The minimum Gasteiger partial charge on any atom is -0.245 e. The molecule has 2 nitrogen and oxygen atoms in total. The summed E-state index contributed by atoms with van der Waals surface area (Å²) in [6.07, 6.45) is 5.74. The van der Waals surface area contributed by atoms with Crippen LogP contribution in [0.4, 0.5) is 0 Å². The maximum Gasteiger partial charge on any atom is 0.115 e. The minimum atomic E-state index is 0.595. The van der Waals surface area contributed by atoms with E-state index in [1.165, 1.54) is 16.8 Å². The summed E-state index contributed by atoms with van der Waals surface area (Å²) in [5, 5.41) is 0. The van der Waals surface area contributed by atoms with E-state index in [0.29, 0.717) is 5.92 Å². The Hall–Kier alpha value is -1.70. The van der Waals surface area contributed by atoms with E-state index in [9.17, 15) is 0 Å². The van der Waals surface area contributed by atoms with E-state index in [1.54, 1.807) is 6.33 Å². The Morgan fingerprint density at radius 3 is 2.73 bits per heavy atom. The van der Waals surface area contributed by atoms with Crippen LogP contribution in [-0.2, 0) is 12.8 Å². The van der Waals surface area contributed by atoms with Crippen molar-refractivity contribution in [3.63, 3.8) is 0 Å². The third-order valence-electron chi connectivity index (χ3n) is 3.06. The van der Waals surface area contributed by atoms with Crippen molar-refractivity contribution >= 4 is 0 Å². The van der Waals surface area contributed by atoms with Crippen molar-refractivity contribution in [3.05, 3.63) is 59.7 Å². The van der Waals surface area contributed by atoms with Crippen molar-refractivity contribution in [2.75, 3.05) is 0 Å². The summed E-state index contributed by atoms with van der Waals surface area (Å²) in [5.41, 5.74) is 3.95. The third kappa shape index (κ3) is 1.52. The summed E-state index contributed by atoms with van der Waals surface area (Å²) < 4.78 is 0. The van der Waals surface area contributed by atoms with Crippen LogP contribution in [0.3, 0.4) is 0 Å². The summed E-state index contributed by atoms with van der Waals surface area (Å²) in [4.78, 5) is 8.40. The molecule has 0 bridgehead atoms. The van der Waals surface area contributed by atoms with Gasteiger partial charge >= 0.3 is 0 Å². The van der Waals surface area contributed by atoms with Crippen molar-refractivity contribution in [1.29, 1.82) is 0 Å². The van der Waals surface area contributed by atoms with Gasteiger partial charge in [-0.3, -0.25) is 0 Å². The van der Waals surface area contributed by atoms with Crippen molar-refractivity contribution in [2.24, 2.45) is 0 Å². The average Bonchev–Trinajstić information content (AvgIpc) is 2.74. The molecule has 2 heteroatoms. The molecular formula is C13H12N2. The first-order chi connectivity index (χ1) is 7.43. The lowest BCUT2D eigenvalue weighted by atomic mass is 9.97.